The second-order valence-electron chi connectivity index (χ2n) is 5.51. The van der Waals surface area contributed by atoms with Gasteiger partial charge in [-0.1, -0.05) is 30.7 Å². The molecule has 2 aromatic rings. The first-order chi connectivity index (χ1) is 9.93. The number of nitrogens with zero attached hydrogens (tertiary/aromatic N) is 3. The Hall–Kier alpha value is -1.88. The Morgan fingerprint density at radius 3 is 2.76 bits per heavy atom. The number of carbonyl (C=O) groups excluding carboxylic acids is 1. The Morgan fingerprint density at radius 2 is 2.10 bits per heavy atom. The SMILES string of the molecule is CCC(C)(C)NC(=O)Cn1ncnc1-c1ccccc1Cl. The number of nitrogens with one attached hydrogen (secondary N) is 1. The van der Waals surface area contributed by atoms with Crippen LogP contribution in [0.15, 0.2) is 30.6 Å². The average Bonchev–Trinajstić information content (AvgIpc) is 2.86. The van der Waals surface area contributed by atoms with Crippen LogP contribution in [0.25, 0.3) is 11.4 Å². The van der Waals surface area contributed by atoms with Gasteiger partial charge < -0.3 is 5.32 Å². The smallest absolute Gasteiger partial charge is 0.242 e. The fraction of sp³-hybridized carbons (Fsp3) is 0.400. The van der Waals surface area contributed by atoms with Crippen LogP contribution in [0, 0.1) is 0 Å². The van der Waals surface area contributed by atoms with Crippen molar-refractivity contribution in [3.63, 3.8) is 0 Å². The molecule has 6 heteroatoms. The van der Waals surface area contributed by atoms with Crippen LogP contribution in [0.5, 0.6) is 0 Å². The van der Waals surface area contributed by atoms with Gasteiger partial charge in [-0.2, -0.15) is 5.10 Å². The zero-order valence-electron chi connectivity index (χ0n) is 12.4. The van der Waals surface area contributed by atoms with Gasteiger partial charge in [0, 0.05) is 11.1 Å². The van der Waals surface area contributed by atoms with Crippen LogP contribution in [-0.4, -0.2) is 26.2 Å². The van der Waals surface area contributed by atoms with E-state index in [-0.39, 0.29) is 18.0 Å². The van der Waals surface area contributed by atoms with E-state index in [1.807, 2.05) is 39.0 Å². The van der Waals surface area contributed by atoms with Crippen molar-refractivity contribution >= 4 is 17.5 Å². The van der Waals surface area contributed by atoms with Crippen molar-refractivity contribution in [2.45, 2.75) is 39.3 Å². The van der Waals surface area contributed by atoms with Gasteiger partial charge >= 0.3 is 0 Å². The Balaban J connectivity index is 2.19. The topological polar surface area (TPSA) is 59.8 Å². The fourth-order valence-corrected chi connectivity index (χ4v) is 2.09. The normalized spacial score (nSPS) is 11.4. The molecule has 112 valence electrons. The van der Waals surface area contributed by atoms with Crippen molar-refractivity contribution in [2.24, 2.45) is 0 Å². The Kier molecular flexibility index (Phi) is 4.63. The van der Waals surface area contributed by atoms with Gasteiger partial charge in [0.2, 0.25) is 5.91 Å². The molecule has 0 fully saturated rings. The third-order valence-electron chi connectivity index (χ3n) is 3.39. The highest BCUT2D eigenvalue weighted by Gasteiger charge is 2.19. The summed E-state index contributed by atoms with van der Waals surface area (Å²) in [6.07, 6.45) is 2.28. The van der Waals surface area contributed by atoms with Gasteiger partial charge in [-0.05, 0) is 32.4 Å². The summed E-state index contributed by atoms with van der Waals surface area (Å²) in [5.41, 5.74) is 0.529. The summed E-state index contributed by atoms with van der Waals surface area (Å²) in [7, 11) is 0. The van der Waals surface area contributed by atoms with Crippen LogP contribution in [0.4, 0.5) is 0 Å². The van der Waals surface area contributed by atoms with E-state index in [2.05, 4.69) is 15.4 Å². The van der Waals surface area contributed by atoms with Crippen molar-refractivity contribution in [1.29, 1.82) is 0 Å². The van der Waals surface area contributed by atoms with Crippen LogP contribution in [0.3, 0.4) is 0 Å². The van der Waals surface area contributed by atoms with Crippen LogP contribution >= 0.6 is 11.6 Å². The second-order valence-corrected chi connectivity index (χ2v) is 5.91. The molecule has 21 heavy (non-hydrogen) atoms. The molecule has 0 aliphatic heterocycles. The number of amides is 1. The molecule has 2 rings (SSSR count). The zero-order chi connectivity index (χ0) is 15.5. The second kappa shape index (κ2) is 6.26. The first-order valence-corrected chi connectivity index (χ1v) is 7.24. The maximum Gasteiger partial charge on any atom is 0.242 e. The number of hydrogen-bond acceptors (Lipinski definition) is 3. The van der Waals surface area contributed by atoms with E-state index in [1.165, 1.54) is 6.33 Å². The highest BCUT2D eigenvalue weighted by molar-refractivity contribution is 6.33. The summed E-state index contributed by atoms with van der Waals surface area (Å²) in [6, 6.07) is 7.37. The molecule has 0 spiro atoms. The molecule has 0 saturated heterocycles. The Labute approximate surface area is 129 Å². The molecule has 0 atom stereocenters. The Bertz CT molecular complexity index is 636. The molecule has 0 saturated carbocycles. The molecule has 0 bridgehead atoms. The van der Waals surface area contributed by atoms with Gasteiger partial charge in [-0.3, -0.25) is 4.79 Å². The molecule has 1 heterocycles. The van der Waals surface area contributed by atoms with Gasteiger partial charge in [0.05, 0.1) is 5.02 Å². The number of carbonyl (C=O) groups is 1. The summed E-state index contributed by atoms with van der Waals surface area (Å²) < 4.78 is 1.56. The quantitative estimate of drug-likeness (QED) is 0.924. The van der Waals surface area contributed by atoms with Crippen molar-refractivity contribution in [3.8, 4) is 11.4 Å². The van der Waals surface area contributed by atoms with E-state index < -0.39 is 0 Å². The molecule has 5 nitrogen and oxygen atoms in total. The molecule has 0 aliphatic rings. The first kappa shape index (κ1) is 15.5. The van der Waals surface area contributed by atoms with E-state index in [1.54, 1.807) is 10.7 Å². The van der Waals surface area contributed by atoms with Crippen LogP contribution in [0.2, 0.25) is 5.02 Å². The van der Waals surface area contributed by atoms with Crippen molar-refractivity contribution in [2.75, 3.05) is 0 Å². The molecule has 1 N–H and O–H groups in total. The average molecular weight is 307 g/mol. The summed E-state index contributed by atoms with van der Waals surface area (Å²) in [5.74, 6) is 0.491. The fourth-order valence-electron chi connectivity index (χ4n) is 1.87. The lowest BCUT2D eigenvalue weighted by Gasteiger charge is -2.24. The summed E-state index contributed by atoms with van der Waals surface area (Å²) in [4.78, 5) is 16.3. The summed E-state index contributed by atoms with van der Waals surface area (Å²) in [5, 5.41) is 7.68. The van der Waals surface area contributed by atoms with Crippen LogP contribution < -0.4 is 5.32 Å². The maximum absolute atomic E-state index is 12.1. The molecule has 0 unspecified atom stereocenters. The van der Waals surface area contributed by atoms with Gasteiger partial charge in [0.1, 0.15) is 12.9 Å². The third kappa shape index (κ3) is 3.82. The predicted octanol–water partition coefficient (Wildman–Crippen LogP) is 2.90. The number of benzene rings is 1. The van der Waals surface area contributed by atoms with Crippen molar-refractivity contribution in [1.82, 2.24) is 20.1 Å². The summed E-state index contributed by atoms with van der Waals surface area (Å²) in [6.45, 7) is 6.12. The largest absolute Gasteiger partial charge is 0.350 e. The maximum atomic E-state index is 12.1. The van der Waals surface area contributed by atoms with E-state index in [0.717, 1.165) is 12.0 Å². The van der Waals surface area contributed by atoms with E-state index in [4.69, 9.17) is 11.6 Å². The number of aromatic nitrogens is 3. The lowest BCUT2D eigenvalue weighted by Crippen LogP contribution is -2.44. The highest BCUT2D eigenvalue weighted by Crippen LogP contribution is 2.25. The standard InChI is InChI=1S/C15H19ClN4O/c1-4-15(2,3)19-13(21)9-20-14(17-10-18-20)11-7-5-6-8-12(11)16/h5-8,10H,4,9H2,1-3H3,(H,19,21). The molecule has 0 aliphatic carbocycles. The van der Waals surface area contributed by atoms with Crippen LogP contribution in [0.1, 0.15) is 27.2 Å². The molecular weight excluding hydrogens is 288 g/mol. The minimum atomic E-state index is -0.234. The highest BCUT2D eigenvalue weighted by atomic mass is 35.5. The van der Waals surface area contributed by atoms with Gasteiger partial charge in [0.15, 0.2) is 5.82 Å². The van der Waals surface area contributed by atoms with Gasteiger partial charge in [-0.25, -0.2) is 9.67 Å². The van der Waals surface area contributed by atoms with Crippen molar-refractivity contribution < 1.29 is 4.79 Å². The Morgan fingerprint density at radius 1 is 1.38 bits per heavy atom. The van der Waals surface area contributed by atoms with Crippen molar-refractivity contribution in [3.05, 3.63) is 35.6 Å². The minimum absolute atomic E-state index is 0.0966. The van der Waals surface area contributed by atoms with Crippen LogP contribution in [-0.2, 0) is 11.3 Å². The van der Waals surface area contributed by atoms with E-state index >= 15 is 0 Å². The van der Waals surface area contributed by atoms with E-state index in [0.29, 0.717) is 10.8 Å². The minimum Gasteiger partial charge on any atom is -0.350 e. The number of hydrogen-bond donors (Lipinski definition) is 1. The lowest BCUT2D eigenvalue weighted by molar-refractivity contribution is -0.123. The third-order valence-corrected chi connectivity index (χ3v) is 3.71. The number of rotatable bonds is 5. The zero-order valence-corrected chi connectivity index (χ0v) is 13.2. The molecule has 1 aromatic heterocycles. The molecule has 0 radical (unpaired) electrons. The van der Waals surface area contributed by atoms with Gasteiger partial charge in [-0.15, -0.1) is 0 Å². The first-order valence-electron chi connectivity index (χ1n) is 6.86. The van der Waals surface area contributed by atoms with Gasteiger partial charge in [0.25, 0.3) is 0 Å². The summed E-state index contributed by atoms with van der Waals surface area (Å²) >= 11 is 6.17. The predicted molar refractivity (Wildman–Crippen MR) is 83.0 cm³/mol. The molecule has 1 amide bonds. The molecule has 1 aromatic carbocycles. The number of halogens is 1. The van der Waals surface area contributed by atoms with E-state index in [9.17, 15) is 4.79 Å². The monoisotopic (exact) mass is 306 g/mol. The molecular formula is C15H19ClN4O. The lowest BCUT2D eigenvalue weighted by atomic mass is 10.0.